The van der Waals surface area contributed by atoms with E-state index in [9.17, 15) is 22.8 Å². The van der Waals surface area contributed by atoms with E-state index in [2.05, 4.69) is 5.32 Å². The van der Waals surface area contributed by atoms with Gasteiger partial charge in [0.1, 0.15) is 0 Å². The number of carbonyl (C=O) groups is 2. The first-order valence-electron chi connectivity index (χ1n) is 4.81. The quantitative estimate of drug-likeness (QED) is 0.761. The summed E-state index contributed by atoms with van der Waals surface area (Å²) in [5, 5.41) is 3.93. The Morgan fingerprint density at radius 2 is 1.61 bits per heavy atom. The van der Waals surface area contributed by atoms with Gasteiger partial charge in [0.05, 0.1) is 17.9 Å². The molecule has 8 heteroatoms. The van der Waals surface area contributed by atoms with E-state index in [1.54, 1.807) is 5.32 Å². The van der Waals surface area contributed by atoms with Gasteiger partial charge in [-0.1, -0.05) is 12.1 Å². The first kappa shape index (κ1) is 14.0. The fourth-order valence-corrected chi connectivity index (χ4v) is 1.10. The van der Waals surface area contributed by atoms with Gasteiger partial charge < -0.3 is 16.4 Å². The van der Waals surface area contributed by atoms with Crippen LogP contribution in [-0.2, 0) is 9.59 Å². The van der Waals surface area contributed by atoms with Gasteiger partial charge in [-0.15, -0.1) is 0 Å². The SMILES string of the molecule is NCC(=O)Nc1ccccc1NC(=O)C(F)(F)F. The van der Waals surface area contributed by atoms with Crippen LogP contribution in [-0.4, -0.2) is 24.5 Å². The Balaban J connectivity index is 2.89. The van der Waals surface area contributed by atoms with Gasteiger partial charge in [-0.05, 0) is 12.1 Å². The fraction of sp³-hybridized carbons (Fsp3) is 0.200. The number of benzene rings is 1. The zero-order chi connectivity index (χ0) is 13.8. The van der Waals surface area contributed by atoms with Gasteiger partial charge in [0.15, 0.2) is 0 Å². The third-order valence-corrected chi connectivity index (χ3v) is 1.89. The highest BCUT2D eigenvalue weighted by Gasteiger charge is 2.38. The normalized spacial score (nSPS) is 10.9. The number of hydrogen-bond acceptors (Lipinski definition) is 3. The van der Waals surface area contributed by atoms with Crippen molar-refractivity contribution in [3.63, 3.8) is 0 Å². The molecule has 0 aromatic heterocycles. The average Bonchev–Trinajstić information content (AvgIpc) is 2.30. The lowest BCUT2D eigenvalue weighted by Crippen LogP contribution is -2.30. The van der Waals surface area contributed by atoms with Gasteiger partial charge in [0.2, 0.25) is 5.91 Å². The van der Waals surface area contributed by atoms with E-state index in [4.69, 9.17) is 5.73 Å². The topological polar surface area (TPSA) is 84.2 Å². The third-order valence-electron chi connectivity index (χ3n) is 1.89. The predicted octanol–water partition coefficient (Wildman–Crippen LogP) is 1.08. The molecule has 0 saturated carbocycles. The van der Waals surface area contributed by atoms with E-state index in [0.717, 1.165) is 0 Å². The molecule has 0 aliphatic heterocycles. The van der Waals surface area contributed by atoms with Gasteiger partial charge in [-0.25, -0.2) is 0 Å². The second-order valence-electron chi connectivity index (χ2n) is 3.25. The van der Waals surface area contributed by atoms with Gasteiger partial charge >= 0.3 is 12.1 Å². The summed E-state index contributed by atoms with van der Waals surface area (Å²) in [4.78, 5) is 21.8. The van der Waals surface area contributed by atoms with Crippen molar-refractivity contribution in [3.8, 4) is 0 Å². The largest absolute Gasteiger partial charge is 0.471 e. The van der Waals surface area contributed by atoms with Gasteiger partial charge in [-0.3, -0.25) is 9.59 Å². The van der Waals surface area contributed by atoms with E-state index in [1.165, 1.54) is 24.3 Å². The summed E-state index contributed by atoms with van der Waals surface area (Å²) in [5.41, 5.74) is 4.96. The van der Waals surface area contributed by atoms with Crippen molar-refractivity contribution in [2.24, 2.45) is 5.73 Å². The maximum atomic E-state index is 12.1. The fourth-order valence-electron chi connectivity index (χ4n) is 1.10. The zero-order valence-electron chi connectivity index (χ0n) is 9.04. The summed E-state index contributed by atoms with van der Waals surface area (Å²) < 4.78 is 36.2. The molecule has 0 aliphatic carbocycles. The number of rotatable bonds is 3. The first-order chi connectivity index (χ1) is 8.34. The Bertz CT molecular complexity index is 460. The molecule has 0 heterocycles. The average molecular weight is 261 g/mol. The highest BCUT2D eigenvalue weighted by atomic mass is 19.4. The lowest BCUT2D eigenvalue weighted by Gasteiger charge is -2.12. The van der Waals surface area contributed by atoms with Gasteiger partial charge in [-0.2, -0.15) is 13.2 Å². The molecule has 1 aromatic rings. The van der Waals surface area contributed by atoms with Crippen LogP contribution in [0.15, 0.2) is 24.3 Å². The van der Waals surface area contributed by atoms with Crippen LogP contribution in [0.25, 0.3) is 0 Å². The van der Waals surface area contributed by atoms with Crippen LogP contribution in [0, 0.1) is 0 Å². The van der Waals surface area contributed by atoms with Crippen molar-refractivity contribution in [1.29, 1.82) is 0 Å². The lowest BCUT2D eigenvalue weighted by atomic mass is 10.2. The minimum Gasteiger partial charge on any atom is -0.323 e. The molecule has 5 nitrogen and oxygen atoms in total. The van der Waals surface area contributed by atoms with E-state index >= 15 is 0 Å². The Hall–Kier alpha value is -2.09. The molecule has 0 fully saturated rings. The second kappa shape index (κ2) is 5.50. The molecule has 1 rings (SSSR count). The number of para-hydroxylation sites is 2. The molecule has 18 heavy (non-hydrogen) atoms. The van der Waals surface area contributed by atoms with Crippen molar-refractivity contribution < 1.29 is 22.8 Å². The molecule has 0 aliphatic rings. The molecule has 1 aromatic carbocycles. The summed E-state index contributed by atoms with van der Waals surface area (Å²) in [7, 11) is 0. The van der Waals surface area contributed by atoms with Crippen LogP contribution < -0.4 is 16.4 Å². The Labute approximate surface area is 100 Å². The van der Waals surface area contributed by atoms with Crippen molar-refractivity contribution in [3.05, 3.63) is 24.3 Å². The summed E-state index contributed by atoms with van der Waals surface area (Å²) in [5.74, 6) is -2.69. The zero-order valence-corrected chi connectivity index (χ0v) is 9.04. The third kappa shape index (κ3) is 3.74. The number of nitrogens with two attached hydrogens (primary N) is 1. The summed E-state index contributed by atoms with van der Waals surface area (Å²) in [6, 6.07) is 5.49. The molecule has 0 saturated heterocycles. The van der Waals surface area contributed by atoms with Crippen molar-refractivity contribution in [2.75, 3.05) is 17.2 Å². The van der Waals surface area contributed by atoms with Crippen molar-refractivity contribution in [1.82, 2.24) is 0 Å². The van der Waals surface area contributed by atoms with Crippen LogP contribution in [0.1, 0.15) is 0 Å². The molecule has 0 atom stereocenters. The Morgan fingerprint density at radius 3 is 2.06 bits per heavy atom. The molecule has 2 amide bonds. The highest BCUT2D eigenvalue weighted by Crippen LogP contribution is 2.24. The Morgan fingerprint density at radius 1 is 1.11 bits per heavy atom. The molecule has 0 radical (unpaired) electrons. The maximum absolute atomic E-state index is 12.1. The lowest BCUT2D eigenvalue weighted by molar-refractivity contribution is -0.167. The van der Waals surface area contributed by atoms with E-state index in [-0.39, 0.29) is 17.9 Å². The second-order valence-corrected chi connectivity index (χ2v) is 3.25. The predicted molar refractivity (Wildman–Crippen MR) is 58.8 cm³/mol. The van der Waals surface area contributed by atoms with Crippen molar-refractivity contribution >= 4 is 23.2 Å². The van der Waals surface area contributed by atoms with Crippen LogP contribution in [0.2, 0.25) is 0 Å². The monoisotopic (exact) mass is 261 g/mol. The minimum atomic E-state index is -5.00. The number of anilines is 2. The number of carbonyl (C=O) groups excluding carboxylic acids is 2. The molecular weight excluding hydrogens is 251 g/mol. The molecule has 4 N–H and O–H groups in total. The number of alkyl halides is 3. The van der Waals surface area contributed by atoms with E-state index < -0.39 is 18.0 Å². The number of amides is 2. The Kier molecular flexibility index (Phi) is 4.27. The number of nitrogens with one attached hydrogen (secondary N) is 2. The van der Waals surface area contributed by atoms with Crippen LogP contribution in [0.5, 0.6) is 0 Å². The highest BCUT2D eigenvalue weighted by molar-refractivity contribution is 6.01. The van der Waals surface area contributed by atoms with Gasteiger partial charge in [0, 0.05) is 0 Å². The smallest absolute Gasteiger partial charge is 0.323 e. The molecule has 0 bridgehead atoms. The minimum absolute atomic E-state index is 0.0468. The standard InChI is InChI=1S/C10H10F3N3O2/c11-10(12,13)9(18)16-7-4-2-1-3-6(7)15-8(17)5-14/h1-4H,5,14H2,(H,15,17)(H,16,18). The van der Waals surface area contributed by atoms with Crippen molar-refractivity contribution in [2.45, 2.75) is 6.18 Å². The van der Waals surface area contributed by atoms with Crippen LogP contribution >= 0.6 is 0 Å². The molecule has 0 spiro atoms. The maximum Gasteiger partial charge on any atom is 0.471 e. The first-order valence-corrected chi connectivity index (χ1v) is 4.81. The summed E-state index contributed by atoms with van der Waals surface area (Å²) in [6.07, 6.45) is -5.00. The van der Waals surface area contributed by atoms with E-state index in [0.29, 0.717) is 0 Å². The number of hydrogen-bond donors (Lipinski definition) is 3. The molecular formula is C10H10F3N3O2. The summed E-state index contributed by atoms with van der Waals surface area (Å²) in [6.45, 7) is -0.318. The van der Waals surface area contributed by atoms with Crippen LogP contribution in [0.4, 0.5) is 24.5 Å². The molecule has 98 valence electrons. The summed E-state index contributed by atoms with van der Waals surface area (Å²) >= 11 is 0. The molecule has 0 unspecified atom stereocenters. The number of halogens is 3. The van der Waals surface area contributed by atoms with Crippen LogP contribution in [0.3, 0.4) is 0 Å². The van der Waals surface area contributed by atoms with Gasteiger partial charge in [0.25, 0.3) is 0 Å². The van der Waals surface area contributed by atoms with E-state index in [1.807, 2.05) is 0 Å².